The lowest BCUT2D eigenvalue weighted by atomic mass is 10.0. The van der Waals surface area contributed by atoms with Crippen molar-refractivity contribution in [1.29, 1.82) is 0 Å². The van der Waals surface area contributed by atoms with Crippen LogP contribution < -0.4 is 5.32 Å². The van der Waals surface area contributed by atoms with E-state index < -0.39 is 0 Å². The summed E-state index contributed by atoms with van der Waals surface area (Å²) in [4.78, 5) is 28.7. The third-order valence-electron chi connectivity index (χ3n) is 3.74. The Morgan fingerprint density at radius 1 is 1.18 bits per heavy atom. The minimum absolute atomic E-state index is 0.0158. The van der Waals surface area contributed by atoms with E-state index in [1.165, 1.54) is 38.5 Å². The highest BCUT2D eigenvalue weighted by atomic mass is 16.2. The Labute approximate surface area is 133 Å². The fraction of sp³-hybridized carbons (Fsp3) is 0.706. The van der Waals surface area contributed by atoms with E-state index in [0.717, 1.165) is 0 Å². The summed E-state index contributed by atoms with van der Waals surface area (Å²) in [6.07, 6.45) is 12.3. The second-order valence-corrected chi connectivity index (χ2v) is 6.19. The highest BCUT2D eigenvalue weighted by Gasteiger charge is 2.14. The molecule has 0 aromatic heterocycles. The lowest BCUT2D eigenvalue weighted by Gasteiger charge is -2.16. The lowest BCUT2D eigenvalue weighted by molar-refractivity contribution is -0.124. The van der Waals surface area contributed by atoms with Crippen molar-refractivity contribution in [3.63, 3.8) is 0 Å². The molecule has 0 spiro atoms. The molecule has 1 fully saturated rings. The highest BCUT2D eigenvalue weighted by molar-refractivity contribution is 5.97. The predicted molar refractivity (Wildman–Crippen MR) is 89.8 cm³/mol. The van der Waals surface area contributed by atoms with Crippen molar-refractivity contribution < 1.29 is 9.59 Å². The smallest absolute Gasteiger partial charge is 0.271 e. The molecule has 1 amide bonds. The first-order valence-corrected chi connectivity index (χ1v) is 8.26. The Bertz CT molecular complexity index is 412. The monoisotopic (exact) mass is 307 g/mol. The average Bonchev–Trinajstić information content (AvgIpc) is 2.54. The Balaban J connectivity index is 0.000000335. The van der Waals surface area contributed by atoms with Crippen molar-refractivity contribution in [2.75, 3.05) is 20.1 Å². The number of hydrogen-bond acceptors (Lipinski definition) is 4. The quantitative estimate of drug-likeness (QED) is 0.868. The molecule has 124 valence electrons. The van der Waals surface area contributed by atoms with Crippen LogP contribution in [0.2, 0.25) is 0 Å². The molecule has 1 aliphatic carbocycles. The number of carbonyl (C=O) groups is 2. The van der Waals surface area contributed by atoms with Gasteiger partial charge in [-0.1, -0.05) is 52.4 Å². The zero-order valence-electron chi connectivity index (χ0n) is 14.1. The fourth-order valence-corrected chi connectivity index (χ4v) is 2.20. The molecule has 1 N–H and O–H groups in total. The van der Waals surface area contributed by atoms with E-state index in [9.17, 15) is 9.59 Å². The summed E-state index contributed by atoms with van der Waals surface area (Å²) in [6, 6.07) is 0. The van der Waals surface area contributed by atoms with Crippen LogP contribution in [0.15, 0.2) is 16.9 Å². The van der Waals surface area contributed by atoms with Crippen molar-refractivity contribution in [3.05, 3.63) is 11.9 Å². The molecule has 2 rings (SSSR count). The number of rotatable bonds is 4. The SMILES string of the molecule is C1CCCCC1.CC(C)C(=O)CNC(=O)C1=CN(C)CC=N1. The van der Waals surface area contributed by atoms with Crippen molar-refractivity contribution >= 4 is 17.9 Å². The van der Waals surface area contributed by atoms with Gasteiger partial charge in [-0.15, -0.1) is 0 Å². The number of Topliss-reactive ketones (excluding diaryl/α,β-unsaturated/α-hetero) is 1. The zero-order valence-corrected chi connectivity index (χ0v) is 14.1. The summed E-state index contributed by atoms with van der Waals surface area (Å²) in [5, 5.41) is 2.56. The van der Waals surface area contributed by atoms with Crippen LogP contribution in [0.5, 0.6) is 0 Å². The number of nitrogens with one attached hydrogen (secondary N) is 1. The lowest BCUT2D eigenvalue weighted by Crippen LogP contribution is -2.33. The molecule has 5 heteroatoms. The van der Waals surface area contributed by atoms with Crippen LogP contribution in [0.3, 0.4) is 0 Å². The first kappa shape index (κ1) is 18.4. The van der Waals surface area contributed by atoms with Gasteiger partial charge in [-0.05, 0) is 0 Å². The van der Waals surface area contributed by atoms with Gasteiger partial charge in [0.2, 0.25) is 0 Å². The highest BCUT2D eigenvalue weighted by Crippen LogP contribution is 2.15. The Hall–Kier alpha value is -1.65. The van der Waals surface area contributed by atoms with E-state index in [-0.39, 0.29) is 24.2 Å². The van der Waals surface area contributed by atoms with Crippen LogP contribution in [0, 0.1) is 5.92 Å². The minimum atomic E-state index is -0.309. The van der Waals surface area contributed by atoms with E-state index in [4.69, 9.17) is 0 Å². The molecule has 1 heterocycles. The third-order valence-corrected chi connectivity index (χ3v) is 3.74. The van der Waals surface area contributed by atoms with E-state index >= 15 is 0 Å². The molecular weight excluding hydrogens is 278 g/mol. The average molecular weight is 307 g/mol. The van der Waals surface area contributed by atoms with Crippen molar-refractivity contribution in [3.8, 4) is 0 Å². The van der Waals surface area contributed by atoms with Gasteiger partial charge in [-0.3, -0.25) is 14.6 Å². The molecule has 1 aliphatic heterocycles. The maximum absolute atomic E-state index is 11.6. The first-order chi connectivity index (χ1) is 10.5. The standard InChI is InChI=1S/C11H17N3O2.C6H12/c1-8(2)10(15)6-13-11(16)9-7-14(3)5-4-12-9;1-2-4-6-5-3-1/h4,7-8H,5-6H2,1-3H3,(H,13,16);1-6H2. The van der Waals surface area contributed by atoms with Crippen molar-refractivity contribution in [2.45, 2.75) is 52.4 Å². The van der Waals surface area contributed by atoms with Gasteiger partial charge in [0.15, 0.2) is 5.78 Å². The summed E-state index contributed by atoms with van der Waals surface area (Å²) in [7, 11) is 1.86. The molecular formula is C17H29N3O2. The maximum Gasteiger partial charge on any atom is 0.271 e. The molecule has 0 aromatic rings. The molecule has 1 saturated carbocycles. The van der Waals surface area contributed by atoms with Crippen LogP contribution in [-0.2, 0) is 9.59 Å². The van der Waals surface area contributed by atoms with E-state index in [0.29, 0.717) is 12.2 Å². The number of carbonyl (C=O) groups excluding carboxylic acids is 2. The van der Waals surface area contributed by atoms with Crippen LogP contribution in [0.25, 0.3) is 0 Å². The van der Waals surface area contributed by atoms with Crippen LogP contribution in [0.1, 0.15) is 52.4 Å². The molecule has 0 bridgehead atoms. The van der Waals surface area contributed by atoms with Gasteiger partial charge in [-0.25, -0.2) is 0 Å². The Morgan fingerprint density at radius 2 is 1.73 bits per heavy atom. The van der Waals surface area contributed by atoms with Gasteiger partial charge >= 0.3 is 0 Å². The number of hydrogen-bond donors (Lipinski definition) is 1. The van der Waals surface area contributed by atoms with E-state index in [2.05, 4.69) is 10.3 Å². The number of nitrogens with zero attached hydrogens (tertiary/aromatic N) is 2. The summed E-state index contributed by atoms with van der Waals surface area (Å²) < 4.78 is 0. The van der Waals surface area contributed by atoms with Gasteiger partial charge in [-0.2, -0.15) is 0 Å². The number of aliphatic imine (C=N–C) groups is 1. The van der Waals surface area contributed by atoms with Crippen LogP contribution >= 0.6 is 0 Å². The number of amides is 1. The molecule has 22 heavy (non-hydrogen) atoms. The van der Waals surface area contributed by atoms with E-state index in [1.54, 1.807) is 26.3 Å². The normalized spacial score (nSPS) is 17.5. The van der Waals surface area contributed by atoms with Crippen molar-refractivity contribution in [2.24, 2.45) is 10.9 Å². The maximum atomic E-state index is 11.6. The van der Waals surface area contributed by atoms with Crippen molar-refractivity contribution in [1.82, 2.24) is 10.2 Å². The largest absolute Gasteiger partial charge is 0.373 e. The third kappa shape index (κ3) is 7.38. The Kier molecular flexibility index (Phi) is 8.48. The molecule has 0 atom stereocenters. The predicted octanol–water partition coefficient (Wildman–Crippen LogP) is 2.53. The van der Waals surface area contributed by atoms with Gasteiger partial charge in [0.1, 0.15) is 5.70 Å². The molecule has 0 radical (unpaired) electrons. The van der Waals surface area contributed by atoms with Crippen LogP contribution in [-0.4, -0.2) is 42.9 Å². The zero-order chi connectivity index (χ0) is 16.4. The first-order valence-electron chi connectivity index (χ1n) is 8.26. The molecule has 0 aromatic carbocycles. The molecule has 5 nitrogen and oxygen atoms in total. The summed E-state index contributed by atoms with van der Waals surface area (Å²) >= 11 is 0. The molecule has 2 aliphatic rings. The topological polar surface area (TPSA) is 61.8 Å². The van der Waals surface area contributed by atoms with E-state index in [1.807, 2.05) is 11.9 Å². The number of ketones is 1. The summed E-state index contributed by atoms with van der Waals surface area (Å²) in [6.45, 7) is 4.37. The molecule has 0 unspecified atom stereocenters. The van der Waals surface area contributed by atoms with Gasteiger partial charge in [0.05, 0.1) is 13.1 Å². The second-order valence-electron chi connectivity index (χ2n) is 6.19. The second kappa shape index (κ2) is 10.1. The summed E-state index contributed by atoms with van der Waals surface area (Å²) in [5.74, 6) is -0.356. The summed E-state index contributed by atoms with van der Waals surface area (Å²) in [5.41, 5.74) is 0.338. The molecule has 0 saturated heterocycles. The minimum Gasteiger partial charge on any atom is -0.373 e. The van der Waals surface area contributed by atoms with Crippen LogP contribution in [0.4, 0.5) is 0 Å². The Morgan fingerprint density at radius 3 is 2.18 bits per heavy atom. The fourth-order valence-electron chi connectivity index (χ4n) is 2.20. The van der Waals surface area contributed by atoms with Gasteiger partial charge in [0.25, 0.3) is 5.91 Å². The van der Waals surface area contributed by atoms with Gasteiger partial charge in [0, 0.05) is 25.4 Å². The van der Waals surface area contributed by atoms with Gasteiger partial charge < -0.3 is 10.2 Å².